The molecule has 3 heteroatoms. The summed E-state index contributed by atoms with van der Waals surface area (Å²) < 4.78 is 6.06. The second-order valence-corrected chi connectivity index (χ2v) is 5.41. The van der Waals surface area contributed by atoms with E-state index in [4.69, 9.17) is 16.3 Å². The predicted molar refractivity (Wildman–Crippen MR) is 78.9 cm³/mol. The molecule has 1 atom stereocenters. The molecule has 1 aromatic carbocycles. The summed E-state index contributed by atoms with van der Waals surface area (Å²) in [5.41, 5.74) is 2.25. The molecule has 0 bridgehead atoms. The van der Waals surface area contributed by atoms with Crippen molar-refractivity contribution >= 4 is 11.6 Å². The van der Waals surface area contributed by atoms with Crippen LogP contribution in [0.5, 0.6) is 5.75 Å². The highest BCUT2D eigenvalue weighted by molar-refractivity contribution is 6.31. The second-order valence-electron chi connectivity index (χ2n) is 5.00. The van der Waals surface area contributed by atoms with Crippen molar-refractivity contribution in [3.05, 3.63) is 28.3 Å². The SMILES string of the molecule is CCC(CNC)Oc1cc(C(C)C)c(Cl)cc1C. The van der Waals surface area contributed by atoms with Gasteiger partial charge < -0.3 is 10.1 Å². The van der Waals surface area contributed by atoms with E-state index in [1.165, 1.54) is 0 Å². The number of ether oxygens (including phenoxy) is 1. The molecular formula is C15H24ClNO. The zero-order valence-corrected chi connectivity index (χ0v) is 12.8. The Balaban J connectivity index is 2.97. The molecule has 0 saturated carbocycles. The molecule has 1 rings (SSSR count). The first kappa shape index (κ1) is 15.3. The van der Waals surface area contributed by atoms with E-state index in [1.54, 1.807) is 0 Å². The Morgan fingerprint density at radius 1 is 1.33 bits per heavy atom. The van der Waals surface area contributed by atoms with Crippen LogP contribution in [0.15, 0.2) is 12.1 Å². The van der Waals surface area contributed by atoms with Gasteiger partial charge in [0.1, 0.15) is 11.9 Å². The Kier molecular flexibility index (Phi) is 5.97. The maximum Gasteiger partial charge on any atom is 0.123 e. The molecule has 102 valence electrons. The van der Waals surface area contributed by atoms with Crippen molar-refractivity contribution in [3.8, 4) is 5.75 Å². The van der Waals surface area contributed by atoms with Gasteiger partial charge >= 0.3 is 0 Å². The van der Waals surface area contributed by atoms with Crippen molar-refractivity contribution in [1.82, 2.24) is 5.32 Å². The molecule has 0 amide bonds. The third kappa shape index (κ3) is 3.89. The van der Waals surface area contributed by atoms with E-state index in [-0.39, 0.29) is 6.10 Å². The Labute approximate surface area is 116 Å². The molecule has 0 aliphatic carbocycles. The fourth-order valence-corrected chi connectivity index (χ4v) is 2.35. The van der Waals surface area contributed by atoms with Crippen LogP contribution in [0.25, 0.3) is 0 Å². The minimum Gasteiger partial charge on any atom is -0.489 e. The fourth-order valence-electron chi connectivity index (χ4n) is 1.91. The number of aryl methyl sites for hydroxylation is 1. The Morgan fingerprint density at radius 2 is 2.00 bits per heavy atom. The Bertz CT molecular complexity index is 390. The van der Waals surface area contributed by atoms with Crippen LogP contribution in [0.1, 0.15) is 44.2 Å². The molecule has 0 aromatic heterocycles. The lowest BCUT2D eigenvalue weighted by Crippen LogP contribution is -2.28. The monoisotopic (exact) mass is 269 g/mol. The van der Waals surface area contributed by atoms with Crippen molar-refractivity contribution in [2.24, 2.45) is 0 Å². The molecule has 0 aliphatic rings. The van der Waals surface area contributed by atoms with E-state index in [9.17, 15) is 0 Å². The third-order valence-corrected chi connectivity index (χ3v) is 3.42. The zero-order valence-electron chi connectivity index (χ0n) is 12.0. The first-order valence-corrected chi connectivity index (χ1v) is 6.98. The van der Waals surface area contributed by atoms with Gasteiger partial charge in [-0.05, 0) is 49.6 Å². The lowest BCUT2D eigenvalue weighted by Gasteiger charge is -2.20. The number of hydrogen-bond donors (Lipinski definition) is 1. The van der Waals surface area contributed by atoms with E-state index in [2.05, 4.69) is 32.2 Å². The average Bonchev–Trinajstić information content (AvgIpc) is 2.31. The smallest absolute Gasteiger partial charge is 0.123 e. The Hall–Kier alpha value is -0.730. The van der Waals surface area contributed by atoms with Gasteiger partial charge in [-0.1, -0.05) is 32.4 Å². The van der Waals surface area contributed by atoms with Gasteiger partial charge in [-0.3, -0.25) is 0 Å². The van der Waals surface area contributed by atoms with Crippen LogP contribution in [-0.2, 0) is 0 Å². The van der Waals surface area contributed by atoms with Crippen LogP contribution in [0.2, 0.25) is 5.02 Å². The van der Waals surface area contributed by atoms with Crippen LogP contribution in [0.4, 0.5) is 0 Å². The van der Waals surface area contributed by atoms with E-state index in [1.807, 2.05) is 20.0 Å². The normalized spacial score (nSPS) is 12.8. The van der Waals surface area contributed by atoms with E-state index in [0.717, 1.165) is 34.9 Å². The minimum absolute atomic E-state index is 0.204. The van der Waals surface area contributed by atoms with Crippen LogP contribution < -0.4 is 10.1 Å². The standard InChI is InChI=1S/C15H24ClNO/c1-6-12(9-17-5)18-15-8-13(10(2)3)14(16)7-11(15)4/h7-8,10,12,17H,6,9H2,1-5H3. The van der Waals surface area contributed by atoms with Gasteiger partial charge in [0.25, 0.3) is 0 Å². The lowest BCUT2D eigenvalue weighted by atomic mass is 10.0. The quantitative estimate of drug-likeness (QED) is 0.838. The van der Waals surface area contributed by atoms with Crippen molar-refractivity contribution < 1.29 is 4.74 Å². The molecule has 0 saturated heterocycles. The highest BCUT2D eigenvalue weighted by Gasteiger charge is 2.13. The molecule has 2 nitrogen and oxygen atoms in total. The largest absolute Gasteiger partial charge is 0.489 e. The van der Waals surface area contributed by atoms with Crippen molar-refractivity contribution in [2.75, 3.05) is 13.6 Å². The summed E-state index contributed by atoms with van der Waals surface area (Å²) in [6, 6.07) is 4.08. The van der Waals surface area contributed by atoms with Gasteiger partial charge in [0.15, 0.2) is 0 Å². The fraction of sp³-hybridized carbons (Fsp3) is 0.600. The number of halogens is 1. The lowest BCUT2D eigenvalue weighted by molar-refractivity contribution is 0.195. The number of likely N-dealkylation sites (N-methyl/N-ethyl adjacent to an activating group) is 1. The molecule has 1 N–H and O–H groups in total. The topological polar surface area (TPSA) is 21.3 Å². The van der Waals surface area contributed by atoms with Gasteiger partial charge in [-0.2, -0.15) is 0 Å². The maximum absolute atomic E-state index is 6.26. The predicted octanol–water partition coefficient (Wildman–Crippen LogP) is 4.15. The average molecular weight is 270 g/mol. The van der Waals surface area contributed by atoms with Gasteiger partial charge in [-0.15, -0.1) is 0 Å². The molecule has 0 spiro atoms. The number of rotatable bonds is 6. The van der Waals surface area contributed by atoms with Crippen LogP contribution in [-0.4, -0.2) is 19.7 Å². The molecular weight excluding hydrogens is 246 g/mol. The van der Waals surface area contributed by atoms with Gasteiger partial charge in [-0.25, -0.2) is 0 Å². The maximum atomic E-state index is 6.26. The minimum atomic E-state index is 0.204. The summed E-state index contributed by atoms with van der Waals surface area (Å²) in [6.45, 7) is 9.32. The summed E-state index contributed by atoms with van der Waals surface area (Å²) in [6.07, 6.45) is 1.19. The summed E-state index contributed by atoms with van der Waals surface area (Å²) >= 11 is 6.26. The molecule has 1 aromatic rings. The third-order valence-electron chi connectivity index (χ3n) is 3.10. The second kappa shape index (κ2) is 7.01. The molecule has 18 heavy (non-hydrogen) atoms. The van der Waals surface area contributed by atoms with E-state index < -0.39 is 0 Å². The summed E-state index contributed by atoms with van der Waals surface area (Å²) in [5, 5.41) is 3.99. The molecule has 0 heterocycles. The van der Waals surface area contributed by atoms with Gasteiger partial charge in [0.2, 0.25) is 0 Å². The number of hydrogen-bond acceptors (Lipinski definition) is 2. The van der Waals surface area contributed by atoms with E-state index in [0.29, 0.717) is 5.92 Å². The first-order chi connectivity index (χ1) is 8.49. The highest BCUT2D eigenvalue weighted by atomic mass is 35.5. The zero-order chi connectivity index (χ0) is 13.7. The van der Waals surface area contributed by atoms with Crippen LogP contribution >= 0.6 is 11.6 Å². The molecule has 1 unspecified atom stereocenters. The van der Waals surface area contributed by atoms with Crippen LogP contribution in [0, 0.1) is 6.92 Å². The Morgan fingerprint density at radius 3 is 2.50 bits per heavy atom. The highest BCUT2D eigenvalue weighted by Crippen LogP contribution is 2.32. The molecule has 0 fully saturated rings. The number of benzene rings is 1. The van der Waals surface area contributed by atoms with Gasteiger partial charge in [0.05, 0.1) is 0 Å². The van der Waals surface area contributed by atoms with Crippen molar-refractivity contribution in [2.45, 2.75) is 46.1 Å². The van der Waals surface area contributed by atoms with Crippen LogP contribution in [0.3, 0.4) is 0 Å². The number of nitrogens with one attached hydrogen (secondary N) is 1. The summed E-state index contributed by atoms with van der Waals surface area (Å²) in [7, 11) is 1.94. The molecule has 0 aliphatic heterocycles. The summed E-state index contributed by atoms with van der Waals surface area (Å²) in [4.78, 5) is 0. The summed E-state index contributed by atoms with van der Waals surface area (Å²) in [5.74, 6) is 1.36. The van der Waals surface area contributed by atoms with E-state index >= 15 is 0 Å². The first-order valence-electron chi connectivity index (χ1n) is 6.60. The van der Waals surface area contributed by atoms with Crippen molar-refractivity contribution in [1.29, 1.82) is 0 Å². The van der Waals surface area contributed by atoms with Gasteiger partial charge in [0, 0.05) is 11.6 Å². The van der Waals surface area contributed by atoms with Crippen molar-refractivity contribution in [3.63, 3.8) is 0 Å². The molecule has 0 radical (unpaired) electrons.